The molecule has 1 fully saturated rings. The van der Waals surface area contributed by atoms with Crippen molar-refractivity contribution in [1.82, 2.24) is 9.80 Å². The number of likely N-dealkylation sites (tertiary alicyclic amines) is 1. The summed E-state index contributed by atoms with van der Waals surface area (Å²) in [4.78, 5) is 16.0. The number of hydrogen-bond acceptors (Lipinski definition) is 5. The minimum absolute atomic E-state index is 0.116. The van der Waals surface area contributed by atoms with Gasteiger partial charge in [0.25, 0.3) is 0 Å². The summed E-state index contributed by atoms with van der Waals surface area (Å²) in [5.74, 6) is -0.0389. The normalized spacial score (nSPS) is 16.3. The maximum absolute atomic E-state index is 12.4. The molecule has 1 aliphatic rings. The second-order valence-electron chi connectivity index (χ2n) is 8.15. The van der Waals surface area contributed by atoms with Gasteiger partial charge in [-0.05, 0) is 61.7 Å². The smallest absolute Gasteiger partial charge is 0.492 e. The quantitative estimate of drug-likeness (QED) is 0.550. The number of nitrogens with zero attached hydrogens (tertiary/aromatic N) is 2. The molecule has 1 aliphatic heterocycles. The highest BCUT2D eigenvalue weighted by Gasteiger charge is 2.32. The standard InChI is InChI=1S/C20H28BrF3N2O4/c1-19(2,3)30-18(27)25(4)14-7-9-26(10-8-14)11-12-28-15-5-6-16(21)17(13-15)29-20(22,23)24/h5-6,13-14H,7-12H2,1-4H3. The lowest BCUT2D eigenvalue weighted by Gasteiger charge is -2.37. The Morgan fingerprint density at radius 1 is 1.23 bits per heavy atom. The number of piperidine rings is 1. The van der Waals surface area contributed by atoms with Crippen LogP contribution in [-0.2, 0) is 4.74 Å². The average Bonchev–Trinajstić information content (AvgIpc) is 2.62. The molecule has 2 rings (SSSR count). The van der Waals surface area contributed by atoms with Gasteiger partial charge in [-0.3, -0.25) is 4.90 Å². The zero-order valence-corrected chi connectivity index (χ0v) is 19.2. The van der Waals surface area contributed by atoms with E-state index in [9.17, 15) is 18.0 Å². The van der Waals surface area contributed by atoms with E-state index in [0.29, 0.717) is 18.9 Å². The van der Waals surface area contributed by atoms with Crippen LogP contribution < -0.4 is 9.47 Å². The van der Waals surface area contributed by atoms with Gasteiger partial charge >= 0.3 is 12.5 Å². The van der Waals surface area contributed by atoms with Crippen LogP contribution in [0.15, 0.2) is 22.7 Å². The number of halogens is 4. The number of carbonyl (C=O) groups is 1. The predicted molar refractivity (Wildman–Crippen MR) is 110 cm³/mol. The summed E-state index contributed by atoms with van der Waals surface area (Å²) in [6, 6.07) is 4.36. The van der Waals surface area contributed by atoms with Crippen LogP contribution in [0.1, 0.15) is 33.6 Å². The molecule has 0 aromatic heterocycles. The van der Waals surface area contributed by atoms with Crippen molar-refractivity contribution < 1.29 is 32.2 Å². The highest BCUT2D eigenvalue weighted by atomic mass is 79.9. The summed E-state index contributed by atoms with van der Waals surface area (Å²) in [6.07, 6.45) is -3.45. The summed E-state index contributed by atoms with van der Waals surface area (Å²) >= 11 is 3.03. The van der Waals surface area contributed by atoms with Gasteiger partial charge in [-0.1, -0.05) is 0 Å². The van der Waals surface area contributed by atoms with Crippen molar-refractivity contribution in [3.63, 3.8) is 0 Å². The Hall–Kier alpha value is -1.68. The maximum atomic E-state index is 12.4. The molecule has 1 heterocycles. The first-order valence-electron chi connectivity index (χ1n) is 9.70. The highest BCUT2D eigenvalue weighted by molar-refractivity contribution is 9.10. The SMILES string of the molecule is CN(C(=O)OC(C)(C)C)C1CCN(CCOc2ccc(Br)c(OC(F)(F)F)c2)CC1. The fraction of sp³-hybridized carbons (Fsp3) is 0.650. The summed E-state index contributed by atoms with van der Waals surface area (Å²) < 4.78 is 52.5. The Labute approximate surface area is 183 Å². The molecular formula is C20H28BrF3N2O4. The largest absolute Gasteiger partial charge is 0.573 e. The molecule has 0 aliphatic carbocycles. The fourth-order valence-corrected chi connectivity index (χ4v) is 3.41. The van der Waals surface area contributed by atoms with Crippen LogP contribution in [0.5, 0.6) is 11.5 Å². The third kappa shape index (κ3) is 8.22. The molecule has 0 atom stereocenters. The van der Waals surface area contributed by atoms with Crippen molar-refractivity contribution in [3.05, 3.63) is 22.7 Å². The lowest BCUT2D eigenvalue weighted by molar-refractivity contribution is -0.274. The highest BCUT2D eigenvalue weighted by Crippen LogP contribution is 2.33. The van der Waals surface area contributed by atoms with E-state index in [1.165, 1.54) is 12.1 Å². The molecular weight excluding hydrogens is 469 g/mol. The minimum atomic E-state index is -4.77. The molecule has 1 amide bonds. The molecule has 0 saturated carbocycles. The van der Waals surface area contributed by atoms with E-state index >= 15 is 0 Å². The van der Waals surface area contributed by atoms with E-state index in [0.717, 1.165) is 25.9 Å². The average molecular weight is 497 g/mol. The van der Waals surface area contributed by atoms with E-state index < -0.39 is 12.0 Å². The van der Waals surface area contributed by atoms with Crippen molar-refractivity contribution in [2.24, 2.45) is 0 Å². The number of ether oxygens (including phenoxy) is 3. The molecule has 30 heavy (non-hydrogen) atoms. The molecule has 0 spiro atoms. The first-order chi connectivity index (χ1) is 13.8. The Morgan fingerprint density at radius 3 is 2.43 bits per heavy atom. The van der Waals surface area contributed by atoms with E-state index in [-0.39, 0.29) is 22.4 Å². The van der Waals surface area contributed by atoms with Gasteiger partial charge < -0.3 is 19.1 Å². The molecule has 10 heteroatoms. The molecule has 1 aromatic rings. The molecule has 170 valence electrons. The van der Waals surface area contributed by atoms with Crippen LogP contribution >= 0.6 is 15.9 Å². The molecule has 0 N–H and O–H groups in total. The molecule has 6 nitrogen and oxygen atoms in total. The van der Waals surface area contributed by atoms with Crippen molar-refractivity contribution >= 4 is 22.0 Å². The minimum Gasteiger partial charge on any atom is -0.492 e. The van der Waals surface area contributed by atoms with Crippen LogP contribution in [-0.4, -0.2) is 67.2 Å². The van der Waals surface area contributed by atoms with Crippen LogP contribution in [0, 0.1) is 0 Å². The third-order valence-corrected chi connectivity index (χ3v) is 5.25. The summed E-state index contributed by atoms with van der Waals surface area (Å²) in [7, 11) is 1.76. The van der Waals surface area contributed by atoms with Gasteiger partial charge in [0, 0.05) is 38.8 Å². The molecule has 0 bridgehead atoms. The van der Waals surface area contributed by atoms with E-state index in [4.69, 9.17) is 9.47 Å². The molecule has 0 unspecified atom stereocenters. The monoisotopic (exact) mass is 496 g/mol. The Morgan fingerprint density at radius 2 is 1.87 bits per heavy atom. The van der Waals surface area contributed by atoms with Crippen LogP contribution in [0.25, 0.3) is 0 Å². The fourth-order valence-electron chi connectivity index (χ4n) is 3.08. The number of rotatable bonds is 6. The number of benzene rings is 1. The van der Waals surface area contributed by atoms with Crippen molar-refractivity contribution in [3.8, 4) is 11.5 Å². The molecule has 1 saturated heterocycles. The van der Waals surface area contributed by atoms with Crippen LogP contribution in [0.3, 0.4) is 0 Å². The lowest BCUT2D eigenvalue weighted by Crippen LogP contribution is -2.47. The second-order valence-corrected chi connectivity index (χ2v) is 9.01. The van der Waals surface area contributed by atoms with E-state index in [1.54, 1.807) is 18.0 Å². The topological polar surface area (TPSA) is 51.2 Å². The van der Waals surface area contributed by atoms with Crippen LogP contribution in [0.2, 0.25) is 0 Å². The Balaban J connectivity index is 1.76. The summed E-state index contributed by atoms with van der Waals surface area (Å²) in [5, 5.41) is 0. The van der Waals surface area contributed by atoms with E-state index in [1.807, 2.05) is 20.8 Å². The summed E-state index contributed by atoms with van der Waals surface area (Å²) in [6.45, 7) is 8.07. The predicted octanol–water partition coefficient (Wildman–Crippen LogP) is 5.06. The number of alkyl halides is 3. The third-order valence-electron chi connectivity index (χ3n) is 4.59. The van der Waals surface area contributed by atoms with Gasteiger partial charge in [0.15, 0.2) is 0 Å². The number of amides is 1. The zero-order valence-electron chi connectivity index (χ0n) is 17.6. The van der Waals surface area contributed by atoms with Gasteiger partial charge in [0.1, 0.15) is 23.7 Å². The van der Waals surface area contributed by atoms with Gasteiger partial charge in [0.05, 0.1) is 4.47 Å². The van der Waals surface area contributed by atoms with E-state index in [2.05, 4.69) is 25.6 Å². The Kier molecular flexibility index (Phi) is 8.27. The first kappa shape index (κ1) is 24.6. The summed E-state index contributed by atoms with van der Waals surface area (Å²) in [5.41, 5.74) is -0.526. The molecule has 1 aromatic carbocycles. The maximum Gasteiger partial charge on any atom is 0.573 e. The lowest BCUT2D eigenvalue weighted by atomic mass is 10.0. The Bertz CT molecular complexity index is 717. The van der Waals surface area contributed by atoms with Crippen LogP contribution in [0.4, 0.5) is 18.0 Å². The zero-order chi connectivity index (χ0) is 22.5. The second kappa shape index (κ2) is 10.1. The van der Waals surface area contributed by atoms with Gasteiger partial charge in [0.2, 0.25) is 0 Å². The van der Waals surface area contributed by atoms with Gasteiger partial charge in [-0.15, -0.1) is 13.2 Å². The number of hydrogen-bond donors (Lipinski definition) is 0. The van der Waals surface area contributed by atoms with Crippen molar-refractivity contribution in [2.75, 3.05) is 33.3 Å². The molecule has 0 radical (unpaired) electrons. The first-order valence-corrected chi connectivity index (χ1v) is 10.5. The van der Waals surface area contributed by atoms with Gasteiger partial charge in [-0.25, -0.2) is 4.79 Å². The van der Waals surface area contributed by atoms with Crippen molar-refractivity contribution in [2.45, 2.75) is 51.6 Å². The van der Waals surface area contributed by atoms with Crippen molar-refractivity contribution in [1.29, 1.82) is 0 Å². The number of carbonyl (C=O) groups excluding carboxylic acids is 1. The van der Waals surface area contributed by atoms with Gasteiger partial charge in [-0.2, -0.15) is 0 Å².